The second-order valence-electron chi connectivity index (χ2n) is 7.10. The molecule has 2 aromatic heterocycles. The Morgan fingerprint density at radius 1 is 1.10 bits per heavy atom. The van der Waals surface area contributed by atoms with E-state index in [-0.39, 0.29) is 18.6 Å². The maximum absolute atomic E-state index is 12.8. The smallest absolute Gasteiger partial charge is 0.231 e. The molecule has 8 heteroatoms. The van der Waals surface area contributed by atoms with Crippen molar-refractivity contribution in [2.24, 2.45) is 5.92 Å². The lowest BCUT2D eigenvalue weighted by atomic mass is 9.97. The van der Waals surface area contributed by atoms with E-state index in [2.05, 4.69) is 20.4 Å². The van der Waals surface area contributed by atoms with E-state index in [9.17, 15) is 4.79 Å². The van der Waals surface area contributed by atoms with Crippen LogP contribution in [0.25, 0.3) is 11.5 Å². The molecule has 0 aliphatic carbocycles. The standard InChI is InChI=1S/C21H20N4O4/c26-21(22-15-5-7-18-19(11-15)29-13-28-18)14-3-1-9-25(12-14)20-8-6-16(23-24-20)17-4-2-10-27-17/h2,4-8,10-11,14H,1,3,9,12-13H2,(H,22,26)/t14-/m1/s1. The number of aromatic nitrogens is 2. The predicted octanol–water partition coefficient (Wildman–Crippen LogP) is 3.32. The predicted molar refractivity (Wildman–Crippen MR) is 106 cm³/mol. The number of rotatable bonds is 4. The lowest BCUT2D eigenvalue weighted by Gasteiger charge is -2.32. The number of carbonyl (C=O) groups excluding carboxylic acids is 1. The summed E-state index contributed by atoms with van der Waals surface area (Å²) in [5.74, 6) is 2.67. The molecule has 0 saturated carbocycles. The first kappa shape index (κ1) is 17.5. The largest absolute Gasteiger partial charge is 0.463 e. The number of anilines is 2. The molecule has 1 fully saturated rings. The lowest BCUT2D eigenvalue weighted by molar-refractivity contribution is -0.120. The average molecular weight is 392 g/mol. The summed E-state index contributed by atoms with van der Waals surface area (Å²) in [7, 11) is 0. The number of hydrogen-bond acceptors (Lipinski definition) is 7. The summed E-state index contributed by atoms with van der Waals surface area (Å²) < 4.78 is 16.0. The van der Waals surface area contributed by atoms with E-state index in [1.54, 1.807) is 18.4 Å². The number of amides is 1. The molecule has 2 aliphatic heterocycles. The summed E-state index contributed by atoms with van der Waals surface area (Å²) in [5, 5.41) is 11.6. The van der Waals surface area contributed by atoms with Crippen molar-refractivity contribution in [2.45, 2.75) is 12.8 Å². The minimum atomic E-state index is -0.124. The Morgan fingerprint density at radius 2 is 2.03 bits per heavy atom. The highest BCUT2D eigenvalue weighted by Gasteiger charge is 2.27. The van der Waals surface area contributed by atoms with E-state index in [1.807, 2.05) is 30.3 Å². The van der Waals surface area contributed by atoms with Crippen LogP contribution in [0.5, 0.6) is 11.5 Å². The van der Waals surface area contributed by atoms with Crippen LogP contribution < -0.4 is 19.7 Å². The van der Waals surface area contributed by atoms with Crippen LogP contribution in [-0.4, -0.2) is 36.0 Å². The molecule has 2 aliphatic rings. The van der Waals surface area contributed by atoms with Gasteiger partial charge in [-0.25, -0.2) is 0 Å². The number of hydrogen-bond donors (Lipinski definition) is 1. The fourth-order valence-electron chi connectivity index (χ4n) is 3.67. The van der Waals surface area contributed by atoms with Gasteiger partial charge in [-0.1, -0.05) is 0 Å². The molecular formula is C21H20N4O4. The molecule has 0 bridgehead atoms. The van der Waals surface area contributed by atoms with Gasteiger partial charge in [-0.2, -0.15) is 0 Å². The monoisotopic (exact) mass is 392 g/mol. The zero-order valence-corrected chi connectivity index (χ0v) is 15.7. The highest BCUT2D eigenvalue weighted by Crippen LogP contribution is 2.34. The molecule has 0 unspecified atom stereocenters. The van der Waals surface area contributed by atoms with Crippen molar-refractivity contribution in [1.82, 2.24) is 10.2 Å². The second kappa shape index (κ2) is 7.46. The molecule has 0 spiro atoms. The summed E-state index contributed by atoms with van der Waals surface area (Å²) in [6, 6.07) is 12.9. The number of carbonyl (C=O) groups is 1. The molecule has 4 heterocycles. The highest BCUT2D eigenvalue weighted by atomic mass is 16.7. The lowest BCUT2D eigenvalue weighted by Crippen LogP contribution is -2.41. The third-order valence-corrected chi connectivity index (χ3v) is 5.18. The fourth-order valence-corrected chi connectivity index (χ4v) is 3.67. The molecule has 29 heavy (non-hydrogen) atoms. The van der Waals surface area contributed by atoms with E-state index in [0.717, 1.165) is 25.2 Å². The number of nitrogens with zero attached hydrogens (tertiary/aromatic N) is 3. The van der Waals surface area contributed by atoms with Crippen LogP contribution in [0.2, 0.25) is 0 Å². The van der Waals surface area contributed by atoms with Crippen molar-refractivity contribution >= 4 is 17.4 Å². The molecular weight excluding hydrogens is 372 g/mol. The Balaban J connectivity index is 1.25. The Labute approximate surface area is 167 Å². The molecule has 1 amide bonds. The number of fused-ring (bicyclic) bond motifs is 1. The van der Waals surface area contributed by atoms with Gasteiger partial charge in [-0.15, -0.1) is 10.2 Å². The van der Waals surface area contributed by atoms with Crippen LogP contribution in [-0.2, 0) is 4.79 Å². The fraction of sp³-hybridized carbons (Fsp3) is 0.286. The topological polar surface area (TPSA) is 89.7 Å². The van der Waals surface area contributed by atoms with Gasteiger partial charge in [0.05, 0.1) is 12.2 Å². The van der Waals surface area contributed by atoms with Crippen molar-refractivity contribution in [3.63, 3.8) is 0 Å². The summed E-state index contributed by atoms with van der Waals surface area (Å²) in [6.07, 6.45) is 3.37. The number of furan rings is 1. The Bertz CT molecular complexity index is 1000. The van der Waals surface area contributed by atoms with Gasteiger partial charge in [0.15, 0.2) is 23.1 Å². The first-order chi connectivity index (χ1) is 14.3. The van der Waals surface area contributed by atoms with Crippen LogP contribution in [0.3, 0.4) is 0 Å². The molecule has 1 atom stereocenters. The highest BCUT2D eigenvalue weighted by molar-refractivity contribution is 5.93. The van der Waals surface area contributed by atoms with Gasteiger partial charge in [0.25, 0.3) is 0 Å². The number of ether oxygens (including phenoxy) is 2. The summed E-state index contributed by atoms with van der Waals surface area (Å²) in [4.78, 5) is 14.9. The van der Waals surface area contributed by atoms with Gasteiger partial charge in [0, 0.05) is 24.8 Å². The number of piperidine rings is 1. The quantitative estimate of drug-likeness (QED) is 0.728. The molecule has 0 radical (unpaired) electrons. The zero-order valence-electron chi connectivity index (χ0n) is 15.7. The van der Waals surface area contributed by atoms with Gasteiger partial charge >= 0.3 is 0 Å². The third kappa shape index (κ3) is 3.61. The van der Waals surface area contributed by atoms with Crippen molar-refractivity contribution < 1.29 is 18.7 Å². The van der Waals surface area contributed by atoms with E-state index >= 15 is 0 Å². The Morgan fingerprint density at radius 3 is 2.86 bits per heavy atom. The van der Waals surface area contributed by atoms with E-state index in [1.165, 1.54) is 0 Å². The van der Waals surface area contributed by atoms with Gasteiger partial charge < -0.3 is 24.1 Å². The van der Waals surface area contributed by atoms with E-state index < -0.39 is 0 Å². The van der Waals surface area contributed by atoms with E-state index in [4.69, 9.17) is 13.9 Å². The number of nitrogens with one attached hydrogen (secondary N) is 1. The van der Waals surface area contributed by atoms with Gasteiger partial charge in [0.2, 0.25) is 12.7 Å². The molecule has 5 rings (SSSR count). The summed E-state index contributed by atoms with van der Waals surface area (Å²) in [6.45, 7) is 1.66. The van der Waals surface area contributed by atoms with Gasteiger partial charge in [-0.05, 0) is 49.2 Å². The SMILES string of the molecule is O=C(Nc1ccc2c(c1)OCO2)[C@@H]1CCCN(c2ccc(-c3ccco3)nn2)C1. The van der Waals surface area contributed by atoms with Crippen molar-refractivity contribution in [2.75, 3.05) is 30.1 Å². The molecule has 3 aromatic rings. The van der Waals surface area contributed by atoms with Crippen molar-refractivity contribution in [1.29, 1.82) is 0 Å². The molecule has 1 aromatic carbocycles. The van der Waals surface area contributed by atoms with Gasteiger partial charge in [-0.3, -0.25) is 4.79 Å². The molecule has 1 N–H and O–H groups in total. The van der Waals surface area contributed by atoms with Crippen LogP contribution in [0.4, 0.5) is 11.5 Å². The summed E-state index contributed by atoms with van der Waals surface area (Å²) in [5.41, 5.74) is 1.40. The maximum Gasteiger partial charge on any atom is 0.231 e. The normalized spacial score (nSPS) is 17.9. The van der Waals surface area contributed by atoms with Crippen LogP contribution in [0.15, 0.2) is 53.1 Å². The Hall–Kier alpha value is -3.55. The first-order valence-corrected chi connectivity index (χ1v) is 9.59. The maximum atomic E-state index is 12.8. The molecule has 148 valence electrons. The third-order valence-electron chi connectivity index (χ3n) is 5.18. The second-order valence-corrected chi connectivity index (χ2v) is 7.10. The van der Waals surface area contributed by atoms with Crippen molar-refractivity contribution in [3.05, 3.63) is 48.7 Å². The number of benzene rings is 1. The Kier molecular flexibility index (Phi) is 4.51. The average Bonchev–Trinajstić information content (AvgIpc) is 3.46. The minimum absolute atomic E-state index is 0.00581. The molecule has 1 saturated heterocycles. The summed E-state index contributed by atoms with van der Waals surface area (Å²) >= 11 is 0. The van der Waals surface area contributed by atoms with Crippen LogP contribution in [0.1, 0.15) is 12.8 Å². The minimum Gasteiger partial charge on any atom is -0.463 e. The van der Waals surface area contributed by atoms with Crippen LogP contribution in [0, 0.1) is 5.92 Å². The van der Waals surface area contributed by atoms with Gasteiger partial charge in [0.1, 0.15) is 5.69 Å². The zero-order chi connectivity index (χ0) is 19.6. The first-order valence-electron chi connectivity index (χ1n) is 9.59. The molecule has 8 nitrogen and oxygen atoms in total. The van der Waals surface area contributed by atoms with Crippen molar-refractivity contribution in [3.8, 4) is 23.0 Å². The van der Waals surface area contributed by atoms with E-state index in [0.29, 0.717) is 35.2 Å². The van der Waals surface area contributed by atoms with Crippen LogP contribution >= 0.6 is 0 Å².